The molecule has 2 aromatic rings. The van der Waals surface area contributed by atoms with Gasteiger partial charge in [0.2, 0.25) is 0 Å². The predicted molar refractivity (Wildman–Crippen MR) is 93.9 cm³/mol. The largest absolute Gasteiger partial charge is 0.548 e. The highest BCUT2D eigenvalue weighted by Crippen LogP contribution is 2.28. The number of hydrogen-bond donors (Lipinski definition) is 1. The molecule has 0 radical (unpaired) electrons. The third-order valence-electron chi connectivity index (χ3n) is 4.17. The van der Waals surface area contributed by atoms with E-state index in [2.05, 4.69) is 5.32 Å². The molecule has 0 aliphatic heterocycles. The summed E-state index contributed by atoms with van der Waals surface area (Å²) in [6.07, 6.45) is 0.684. The number of amides is 1. The van der Waals surface area contributed by atoms with Crippen LogP contribution in [0.15, 0.2) is 27.4 Å². The maximum Gasteiger partial charge on any atom is 0.336 e. The van der Waals surface area contributed by atoms with Gasteiger partial charge in [-0.15, -0.1) is 0 Å². The minimum absolute atomic E-state index is 0.312. The molecule has 0 saturated heterocycles. The molecule has 0 aliphatic rings. The van der Waals surface area contributed by atoms with Crippen LogP contribution < -0.4 is 20.8 Å². The molecule has 26 heavy (non-hydrogen) atoms. The lowest BCUT2D eigenvalue weighted by molar-refractivity contribution is -0.309. The molecular weight excluding hydrogens is 338 g/mol. The van der Waals surface area contributed by atoms with Crippen molar-refractivity contribution in [3.8, 4) is 5.75 Å². The Morgan fingerprint density at radius 1 is 1.31 bits per heavy atom. The first-order valence-electron chi connectivity index (χ1n) is 8.44. The summed E-state index contributed by atoms with van der Waals surface area (Å²) in [5, 5.41) is 14.2. The van der Waals surface area contributed by atoms with Gasteiger partial charge in [0.05, 0.1) is 12.0 Å². The highest BCUT2D eigenvalue weighted by atomic mass is 16.5. The summed E-state index contributed by atoms with van der Waals surface area (Å²) in [6.45, 7) is 6.65. The van der Waals surface area contributed by atoms with E-state index < -0.39 is 23.5 Å². The number of hydrogen-bond acceptors (Lipinski definition) is 6. The van der Waals surface area contributed by atoms with Crippen molar-refractivity contribution < 1.29 is 23.8 Å². The Balaban J connectivity index is 2.19. The van der Waals surface area contributed by atoms with Crippen molar-refractivity contribution in [1.82, 2.24) is 5.32 Å². The zero-order chi connectivity index (χ0) is 19.4. The molecule has 1 heterocycles. The normalized spacial score (nSPS) is 12.2. The van der Waals surface area contributed by atoms with Gasteiger partial charge in [-0.1, -0.05) is 20.8 Å². The van der Waals surface area contributed by atoms with Crippen LogP contribution in [0.25, 0.3) is 11.0 Å². The van der Waals surface area contributed by atoms with E-state index in [1.54, 1.807) is 32.9 Å². The number of carboxylic acids is 1. The predicted octanol–water partition coefficient (Wildman–Crippen LogP) is 0.933. The average Bonchev–Trinajstić information content (AvgIpc) is 2.58. The summed E-state index contributed by atoms with van der Waals surface area (Å²) in [5.74, 6) is -1.84. The van der Waals surface area contributed by atoms with Crippen molar-refractivity contribution in [3.05, 3.63) is 39.7 Å². The van der Waals surface area contributed by atoms with Gasteiger partial charge in [0.15, 0.2) is 6.61 Å². The van der Waals surface area contributed by atoms with Gasteiger partial charge in [0.1, 0.15) is 11.3 Å². The van der Waals surface area contributed by atoms with Crippen molar-refractivity contribution in [2.45, 2.75) is 40.2 Å². The van der Waals surface area contributed by atoms with E-state index in [4.69, 9.17) is 9.15 Å². The highest BCUT2D eigenvalue weighted by Gasteiger charge is 2.18. The lowest BCUT2D eigenvalue weighted by atomic mass is 10.0. The molecular formula is C19H22NO6-. The molecule has 0 saturated carbocycles. The summed E-state index contributed by atoms with van der Waals surface area (Å²) < 4.78 is 10.8. The van der Waals surface area contributed by atoms with Gasteiger partial charge in [0, 0.05) is 17.0 Å². The minimum atomic E-state index is -1.34. The van der Waals surface area contributed by atoms with Crippen molar-refractivity contribution in [2.24, 2.45) is 5.92 Å². The van der Waals surface area contributed by atoms with Gasteiger partial charge in [0.25, 0.3) is 5.91 Å². The highest BCUT2D eigenvalue weighted by molar-refractivity contribution is 5.86. The quantitative estimate of drug-likeness (QED) is 0.736. The first kappa shape index (κ1) is 19.5. The van der Waals surface area contributed by atoms with Gasteiger partial charge in [-0.3, -0.25) is 4.79 Å². The standard InChI is InChI=1S/C19H23NO6/c1-5-12-8-16(22)26-18-11(4)14(7-6-13(12)18)25-9-15(21)20-17(10(2)3)19(23)24/h6-8,10,17H,5,9H2,1-4H3,(H,20,21)(H,23,24)/p-1/t17-/m0/s1. The second kappa shape index (κ2) is 8.03. The Kier molecular flexibility index (Phi) is 6.02. The third kappa shape index (κ3) is 4.22. The molecule has 0 fully saturated rings. The van der Waals surface area contributed by atoms with Crippen LogP contribution in [0.4, 0.5) is 0 Å². The van der Waals surface area contributed by atoms with Gasteiger partial charge < -0.3 is 24.4 Å². The number of carboxylic acid groups (broad SMARTS) is 1. The molecule has 0 bridgehead atoms. The van der Waals surface area contributed by atoms with Gasteiger partial charge in [-0.05, 0) is 37.0 Å². The Hall–Kier alpha value is -2.83. The van der Waals surface area contributed by atoms with E-state index in [9.17, 15) is 19.5 Å². The molecule has 7 heteroatoms. The molecule has 1 aromatic carbocycles. The lowest BCUT2D eigenvalue weighted by Gasteiger charge is -2.23. The summed E-state index contributed by atoms with van der Waals surface area (Å²) in [6, 6.07) is 3.84. The number of carbonyl (C=O) groups excluding carboxylic acids is 2. The van der Waals surface area contributed by atoms with Crippen LogP contribution in [0.2, 0.25) is 0 Å². The lowest BCUT2D eigenvalue weighted by Crippen LogP contribution is -2.51. The van der Waals surface area contributed by atoms with Crippen molar-refractivity contribution in [1.29, 1.82) is 0 Å². The van der Waals surface area contributed by atoms with Gasteiger partial charge >= 0.3 is 5.63 Å². The number of benzene rings is 1. The number of carbonyl (C=O) groups is 2. The zero-order valence-corrected chi connectivity index (χ0v) is 15.3. The first-order chi connectivity index (χ1) is 12.2. The number of aliphatic carboxylic acids is 1. The molecule has 7 nitrogen and oxygen atoms in total. The van der Waals surface area contributed by atoms with E-state index in [0.29, 0.717) is 23.3 Å². The number of aryl methyl sites for hydroxylation is 2. The van der Waals surface area contributed by atoms with Crippen LogP contribution in [-0.2, 0) is 16.0 Å². The van der Waals surface area contributed by atoms with Crippen LogP contribution in [0.5, 0.6) is 5.75 Å². The Labute approximate surface area is 151 Å². The minimum Gasteiger partial charge on any atom is -0.548 e. The van der Waals surface area contributed by atoms with Gasteiger partial charge in [-0.25, -0.2) is 4.79 Å². The van der Waals surface area contributed by atoms with Crippen LogP contribution in [0.1, 0.15) is 31.9 Å². The number of nitrogens with one attached hydrogen (secondary N) is 1. The van der Waals surface area contributed by atoms with Crippen molar-refractivity contribution >= 4 is 22.8 Å². The molecule has 1 N–H and O–H groups in total. The SMILES string of the molecule is CCc1cc(=O)oc2c(C)c(OCC(=O)N[C@H](C(=O)[O-])C(C)C)ccc12. The first-order valence-corrected chi connectivity index (χ1v) is 8.44. The molecule has 0 aliphatic carbocycles. The molecule has 1 amide bonds. The van der Waals surface area contributed by atoms with E-state index in [1.165, 1.54) is 6.07 Å². The maximum atomic E-state index is 12.0. The van der Waals surface area contributed by atoms with Crippen molar-refractivity contribution in [3.63, 3.8) is 0 Å². The van der Waals surface area contributed by atoms with E-state index >= 15 is 0 Å². The summed E-state index contributed by atoms with van der Waals surface area (Å²) in [4.78, 5) is 34.7. The van der Waals surface area contributed by atoms with E-state index in [0.717, 1.165) is 10.9 Å². The van der Waals surface area contributed by atoms with Crippen LogP contribution in [0, 0.1) is 12.8 Å². The van der Waals surface area contributed by atoms with Crippen LogP contribution >= 0.6 is 0 Å². The summed E-state index contributed by atoms with van der Waals surface area (Å²) >= 11 is 0. The fourth-order valence-electron chi connectivity index (χ4n) is 2.71. The summed E-state index contributed by atoms with van der Waals surface area (Å²) in [5.41, 5.74) is 1.45. The third-order valence-corrected chi connectivity index (χ3v) is 4.17. The maximum absolute atomic E-state index is 12.0. The average molecular weight is 360 g/mol. The topological polar surface area (TPSA) is 109 Å². The Morgan fingerprint density at radius 3 is 2.58 bits per heavy atom. The van der Waals surface area contributed by atoms with Crippen LogP contribution in [-0.4, -0.2) is 24.5 Å². The number of ether oxygens (including phenoxy) is 1. The molecule has 0 spiro atoms. The Morgan fingerprint density at radius 2 is 2.00 bits per heavy atom. The van der Waals surface area contributed by atoms with Crippen molar-refractivity contribution in [2.75, 3.05) is 6.61 Å². The molecule has 2 rings (SSSR count). The molecule has 0 unspecified atom stereocenters. The zero-order valence-electron chi connectivity index (χ0n) is 15.3. The summed E-state index contributed by atoms with van der Waals surface area (Å²) in [7, 11) is 0. The number of fused-ring (bicyclic) bond motifs is 1. The Bertz CT molecular complexity index is 883. The molecule has 140 valence electrons. The second-order valence-electron chi connectivity index (χ2n) is 6.41. The molecule has 1 atom stereocenters. The monoisotopic (exact) mass is 360 g/mol. The van der Waals surface area contributed by atoms with E-state index in [1.807, 2.05) is 6.92 Å². The molecule has 1 aromatic heterocycles. The fraction of sp³-hybridized carbons (Fsp3) is 0.421. The number of rotatable bonds is 7. The smallest absolute Gasteiger partial charge is 0.336 e. The van der Waals surface area contributed by atoms with Crippen LogP contribution in [0.3, 0.4) is 0 Å². The van der Waals surface area contributed by atoms with E-state index in [-0.39, 0.29) is 12.5 Å². The fourth-order valence-corrected chi connectivity index (χ4v) is 2.71. The second-order valence-corrected chi connectivity index (χ2v) is 6.41. The van der Waals surface area contributed by atoms with Gasteiger partial charge in [-0.2, -0.15) is 0 Å².